The summed E-state index contributed by atoms with van der Waals surface area (Å²) in [6.45, 7) is 2.80. The van der Waals surface area contributed by atoms with Crippen molar-refractivity contribution in [2.45, 2.75) is 13.3 Å². The van der Waals surface area contributed by atoms with E-state index in [1.165, 1.54) is 0 Å². The van der Waals surface area contributed by atoms with Crippen molar-refractivity contribution in [1.29, 1.82) is 0 Å². The second-order valence-corrected chi connectivity index (χ2v) is 3.67. The molecule has 1 aromatic rings. The summed E-state index contributed by atoms with van der Waals surface area (Å²) in [7, 11) is 0. The first-order chi connectivity index (χ1) is 6.77. The van der Waals surface area contributed by atoms with E-state index in [1.807, 2.05) is 18.2 Å². The lowest BCUT2D eigenvalue weighted by Crippen LogP contribution is -1.96. The molecule has 0 heterocycles. The van der Waals surface area contributed by atoms with Crippen LogP contribution in [0.2, 0.25) is 0 Å². The molecule has 0 bridgehead atoms. The van der Waals surface area contributed by atoms with Crippen molar-refractivity contribution in [2.75, 3.05) is 6.61 Å². The van der Waals surface area contributed by atoms with E-state index >= 15 is 0 Å². The van der Waals surface area contributed by atoms with Gasteiger partial charge in [-0.2, -0.15) is 5.10 Å². The van der Waals surface area contributed by atoms with Crippen LogP contribution in [0.5, 0.6) is 5.75 Å². The summed E-state index contributed by atoms with van der Waals surface area (Å²) in [5, 5.41) is 3.45. The number of rotatable bonds is 4. The molecule has 76 valence electrons. The fourth-order valence-electron chi connectivity index (χ4n) is 1.01. The van der Waals surface area contributed by atoms with Crippen molar-refractivity contribution in [3.05, 3.63) is 28.2 Å². The first-order valence-electron chi connectivity index (χ1n) is 4.43. The number of hydrogen-bond donors (Lipinski definition) is 1. The SMILES string of the molecule is CCCOc1ccc(C=NN)cc1Br. The van der Waals surface area contributed by atoms with Crippen LogP contribution >= 0.6 is 15.9 Å². The van der Waals surface area contributed by atoms with E-state index in [2.05, 4.69) is 28.0 Å². The summed E-state index contributed by atoms with van der Waals surface area (Å²) in [4.78, 5) is 0. The maximum atomic E-state index is 5.50. The van der Waals surface area contributed by atoms with Crippen LogP contribution < -0.4 is 10.6 Å². The average Bonchev–Trinajstić information content (AvgIpc) is 2.17. The van der Waals surface area contributed by atoms with E-state index in [0.717, 1.165) is 28.8 Å². The molecule has 14 heavy (non-hydrogen) atoms. The molecular formula is C10H13BrN2O. The fraction of sp³-hybridized carbons (Fsp3) is 0.300. The van der Waals surface area contributed by atoms with Crippen molar-refractivity contribution in [3.8, 4) is 5.75 Å². The summed E-state index contributed by atoms with van der Waals surface area (Å²) in [5.74, 6) is 5.90. The molecule has 0 saturated heterocycles. The van der Waals surface area contributed by atoms with Crippen LogP contribution in [-0.2, 0) is 0 Å². The van der Waals surface area contributed by atoms with E-state index in [0.29, 0.717) is 0 Å². The molecule has 0 aromatic heterocycles. The molecule has 0 aliphatic heterocycles. The molecule has 0 unspecified atom stereocenters. The smallest absolute Gasteiger partial charge is 0.133 e. The number of ether oxygens (including phenoxy) is 1. The third-order valence-electron chi connectivity index (χ3n) is 1.64. The van der Waals surface area contributed by atoms with Crippen LogP contribution in [0.4, 0.5) is 0 Å². The summed E-state index contributed by atoms with van der Waals surface area (Å²) in [6, 6.07) is 5.73. The van der Waals surface area contributed by atoms with Crippen LogP contribution in [0.3, 0.4) is 0 Å². The van der Waals surface area contributed by atoms with Crippen LogP contribution in [0.1, 0.15) is 18.9 Å². The quantitative estimate of drug-likeness (QED) is 0.512. The zero-order chi connectivity index (χ0) is 10.4. The van der Waals surface area contributed by atoms with Crippen LogP contribution in [-0.4, -0.2) is 12.8 Å². The van der Waals surface area contributed by atoms with Gasteiger partial charge in [-0.25, -0.2) is 0 Å². The highest BCUT2D eigenvalue weighted by molar-refractivity contribution is 9.10. The Labute approximate surface area is 92.1 Å². The number of benzene rings is 1. The van der Waals surface area contributed by atoms with Crippen LogP contribution in [0, 0.1) is 0 Å². The zero-order valence-corrected chi connectivity index (χ0v) is 9.62. The number of nitrogens with zero attached hydrogens (tertiary/aromatic N) is 1. The topological polar surface area (TPSA) is 47.6 Å². The minimum atomic E-state index is 0.725. The normalized spacial score (nSPS) is 10.7. The Balaban J connectivity index is 2.79. The minimum Gasteiger partial charge on any atom is -0.492 e. The Hall–Kier alpha value is -1.03. The van der Waals surface area contributed by atoms with Crippen molar-refractivity contribution >= 4 is 22.1 Å². The summed E-state index contributed by atoms with van der Waals surface area (Å²) in [5.41, 5.74) is 0.947. The maximum Gasteiger partial charge on any atom is 0.133 e. The average molecular weight is 257 g/mol. The highest BCUT2D eigenvalue weighted by Gasteiger charge is 2.00. The van der Waals surface area contributed by atoms with Crippen molar-refractivity contribution in [3.63, 3.8) is 0 Å². The summed E-state index contributed by atoms with van der Waals surface area (Å²) in [6.07, 6.45) is 2.59. The number of halogens is 1. The molecular weight excluding hydrogens is 244 g/mol. The predicted octanol–water partition coefficient (Wildman–Crippen LogP) is 2.53. The molecule has 0 radical (unpaired) electrons. The lowest BCUT2D eigenvalue weighted by Gasteiger charge is -2.06. The fourth-order valence-corrected chi connectivity index (χ4v) is 1.52. The largest absolute Gasteiger partial charge is 0.492 e. The maximum absolute atomic E-state index is 5.50. The second kappa shape index (κ2) is 5.65. The van der Waals surface area contributed by atoms with Crippen molar-refractivity contribution in [1.82, 2.24) is 0 Å². The zero-order valence-electron chi connectivity index (χ0n) is 8.03. The molecule has 0 aliphatic rings. The number of hydrazone groups is 1. The van der Waals surface area contributed by atoms with Gasteiger partial charge >= 0.3 is 0 Å². The van der Waals surface area contributed by atoms with Gasteiger partial charge in [0.25, 0.3) is 0 Å². The van der Waals surface area contributed by atoms with Gasteiger partial charge in [0, 0.05) is 0 Å². The lowest BCUT2D eigenvalue weighted by atomic mass is 10.2. The van der Waals surface area contributed by atoms with E-state index in [1.54, 1.807) is 6.21 Å². The predicted molar refractivity (Wildman–Crippen MR) is 61.7 cm³/mol. The highest BCUT2D eigenvalue weighted by Crippen LogP contribution is 2.25. The Morgan fingerprint density at radius 1 is 1.57 bits per heavy atom. The third-order valence-corrected chi connectivity index (χ3v) is 2.26. The molecule has 0 saturated carbocycles. The standard InChI is InChI=1S/C10H13BrN2O/c1-2-5-14-10-4-3-8(7-13-12)6-9(10)11/h3-4,6-7H,2,5,12H2,1H3. The molecule has 0 fully saturated rings. The molecule has 3 nitrogen and oxygen atoms in total. The van der Waals surface area contributed by atoms with Gasteiger partial charge in [0.15, 0.2) is 0 Å². The number of nitrogens with two attached hydrogens (primary N) is 1. The van der Waals surface area contributed by atoms with Gasteiger partial charge in [-0.15, -0.1) is 0 Å². The first kappa shape index (κ1) is 11.0. The number of hydrogen-bond acceptors (Lipinski definition) is 3. The highest BCUT2D eigenvalue weighted by atomic mass is 79.9. The molecule has 1 rings (SSSR count). The molecule has 1 aromatic carbocycles. The van der Waals surface area contributed by atoms with Crippen molar-refractivity contribution in [2.24, 2.45) is 10.9 Å². The van der Waals surface area contributed by atoms with Gasteiger partial charge in [0.2, 0.25) is 0 Å². The van der Waals surface area contributed by atoms with Gasteiger partial charge in [-0.3, -0.25) is 0 Å². The van der Waals surface area contributed by atoms with Crippen LogP contribution in [0.15, 0.2) is 27.8 Å². The third kappa shape index (κ3) is 3.03. The van der Waals surface area contributed by atoms with E-state index < -0.39 is 0 Å². The van der Waals surface area contributed by atoms with Gasteiger partial charge < -0.3 is 10.6 Å². The second-order valence-electron chi connectivity index (χ2n) is 2.82. The molecule has 0 aliphatic carbocycles. The van der Waals surface area contributed by atoms with Crippen LogP contribution in [0.25, 0.3) is 0 Å². The van der Waals surface area contributed by atoms with E-state index in [-0.39, 0.29) is 0 Å². The lowest BCUT2D eigenvalue weighted by molar-refractivity contribution is 0.315. The summed E-state index contributed by atoms with van der Waals surface area (Å²) >= 11 is 3.42. The van der Waals surface area contributed by atoms with E-state index in [9.17, 15) is 0 Å². The first-order valence-corrected chi connectivity index (χ1v) is 5.22. The van der Waals surface area contributed by atoms with Crippen molar-refractivity contribution < 1.29 is 4.74 Å². The Bertz CT molecular complexity index is 326. The summed E-state index contributed by atoms with van der Waals surface area (Å²) < 4.78 is 6.42. The molecule has 2 N–H and O–H groups in total. The Morgan fingerprint density at radius 3 is 2.93 bits per heavy atom. The van der Waals surface area contributed by atoms with Gasteiger partial charge in [-0.05, 0) is 46.1 Å². The molecule has 0 atom stereocenters. The monoisotopic (exact) mass is 256 g/mol. The molecule has 0 spiro atoms. The van der Waals surface area contributed by atoms with Gasteiger partial charge in [0.1, 0.15) is 5.75 Å². The molecule has 4 heteroatoms. The Morgan fingerprint density at radius 2 is 2.36 bits per heavy atom. The molecule has 0 amide bonds. The van der Waals surface area contributed by atoms with E-state index in [4.69, 9.17) is 10.6 Å². The van der Waals surface area contributed by atoms with Gasteiger partial charge in [0.05, 0.1) is 17.3 Å². The minimum absolute atomic E-state index is 0.725. The Kier molecular flexibility index (Phi) is 4.46. The van der Waals surface area contributed by atoms with Gasteiger partial charge in [-0.1, -0.05) is 6.92 Å².